The standard InChI is InChI=1S/C16H32N2/c1-4-15-12-18(16(5-2)11-17-15)13(3)14-9-7-6-8-10-14/h13-17H,4-12H2,1-3H3. The molecule has 1 saturated heterocycles. The van der Waals surface area contributed by atoms with Gasteiger partial charge in [-0.15, -0.1) is 0 Å². The zero-order valence-corrected chi connectivity index (χ0v) is 12.6. The van der Waals surface area contributed by atoms with E-state index in [4.69, 9.17) is 0 Å². The van der Waals surface area contributed by atoms with Crippen LogP contribution < -0.4 is 5.32 Å². The van der Waals surface area contributed by atoms with Crippen LogP contribution in [0.25, 0.3) is 0 Å². The lowest BCUT2D eigenvalue weighted by atomic mass is 9.83. The Morgan fingerprint density at radius 1 is 1.11 bits per heavy atom. The van der Waals surface area contributed by atoms with Crippen molar-refractivity contribution in [2.45, 2.75) is 83.8 Å². The maximum Gasteiger partial charge on any atom is 0.0221 e. The van der Waals surface area contributed by atoms with Crippen molar-refractivity contribution in [3.63, 3.8) is 0 Å². The van der Waals surface area contributed by atoms with Crippen molar-refractivity contribution in [3.8, 4) is 0 Å². The quantitative estimate of drug-likeness (QED) is 0.825. The van der Waals surface area contributed by atoms with Crippen molar-refractivity contribution in [1.29, 1.82) is 0 Å². The van der Waals surface area contributed by atoms with Crippen LogP contribution in [0, 0.1) is 5.92 Å². The minimum Gasteiger partial charge on any atom is -0.311 e. The Kier molecular flexibility index (Phi) is 5.50. The highest BCUT2D eigenvalue weighted by Gasteiger charge is 2.33. The fourth-order valence-electron chi connectivity index (χ4n) is 3.93. The van der Waals surface area contributed by atoms with Gasteiger partial charge in [-0.25, -0.2) is 0 Å². The van der Waals surface area contributed by atoms with Crippen molar-refractivity contribution in [1.82, 2.24) is 10.2 Å². The van der Waals surface area contributed by atoms with Gasteiger partial charge < -0.3 is 5.32 Å². The van der Waals surface area contributed by atoms with Crippen LogP contribution in [0.5, 0.6) is 0 Å². The molecule has 1 N–H and O–H groups in total. The van der Waals surface area contributed by atoms with Gasteiger partial charge in [0.25, 0.3) is 0 Å². The maximum absolute atomic E-state index is 3.72. The second-order valence-electron chi connectivity index (χ2n) is 6.41. The van der Waals surface area contributed by atoms with Crippen LogP contribution in [-0.4, -0.2) is 36.1 Å². The molecule has 1 aliphatic carbocycles. The van der Waals surface area contributed by atoms with E-state index in [1.54, 1.807) is 0 Å². The van der Waals surface area contributed by atoms with Crippen LogP contribution in [0.4, 0.5) is 0 Å². The Hall–Kier alpha value is -0.0800. The van der Waals surface area contributed by atoms with E-state index in [-0.39, 0.29) is 0 Å². The van der Waals surface area contributed by atoms with Crippen LogP contribution in [0.1, 0.15) is 65.7 Å². The van der Waals surface area contributed by atoms with Crippen LogP contribution in [0.2, 0.25) is 0 Å². The normalized spacial score (nSPS) is 33.5. The summed E-state index contributed by atoms with van der Waals surface area (Å²) in [5, 5.41) is 3.72. The van der Waals surface area contributed by atoms with Crippen molar-refractivity contribution in [2.75, 3.05) is 13.1 Å². The zero-order valence-electron chi connectivity index (χ0n) is 12.6. The van der Waals surface area contributed by atoms with Gasteiger partial charge in [0, 0.05) is 31.2 Å². The van der Waals surface area contributed by atoms with Gasteiger partial charge in [0.2, 0.25) is 0 Å². The van der Waals surface area contributed by atoms with Crippen molar-refractivity contribution in [3.05, 3.63) is 0 Å². The van der Waals surface area contributed by atoms with Gasteiger partial charge in [0.1, 0.15) is 0 Å². The van der Waals surface area contributed by atoms with Gasteiger partial charge in [-0.3, -0.25) is 4.90 Å². The SMILES string of the molecule is CCC1CN(C(C)C2CCCCC2)C(CC)CN1. The lowest BCUT2D eigenvalue weighted by Crippen LogP contribution is -2.59. The molecule has 2 heteroatoms. The molecule has 0 spiro atoms. The molecular formula is C16H32N2. The molecule has 1 aliphatic heterocycles. The summed E-state index contributed by atoms with van der Waals surface area (Å²) in [6.45, 7) is 9.63. The summed E-state index contributed by atoms with van der Waals surface area (Å²) in [6, 6.07) is 2.29. The topological polar surface area (TPSA) is 15.3 Å². The average molecular weight is 252 g/mol. The van der Waals surface area contributed by atoms with Crippen molar-refractivity contribution >= 4 is 0 Å². The van der Waals surface area contributed by atoms with Gasteiger partial charge >= 0.3 is 0 Å². The van der Waals surface area contributed by atoms with E-state index in [2.05, 4.69) is 31.0 Å². The Balaban J connectivity index is 1.97. The summed E-state index contributed by atoms with van der Waals surface area (Å²) in [5.41, 5.74) is 0. The van der Waals surface area contributed by atoms with Crippen LogP contribution in [0.15, 0.2) is 0 Å². The van der Waals surface area contributed by atoms with Crippen molar-refractivity contribution < 1.29 is 0 Å². The third-order valence-electron chi connectivity index (χ3n) is 5.36. The molecule has 2 rings (SSSR count). The molecule has 3 unspecified atom stereocenters. The van der Waals surface area contributed by atoms with E-state index >= 15 is 0 Å². The minimum atomic E-state index is 0.721. The van der Waals surface area contributed by atoms with Crippen LogP contribution in [0.3, 0.4) is 0 Å². The first-order valence-electron chi connectivity index (χ1n) is 8.25. The molecule has 0 aromatic rings. The number of hydrogen-bond acceptors (Lipinski definition) is 2. The van der Waals surface area contributed by atoms with Gasteiger partial charge in [-0.1, -0.05) is 33.1 Å². The second-order valence-corrected chi connectivity index (χ2v) is 6.41. The maximum atomic E-state index is 3.72. The average Bonchev–Trinajstić information content (AvgIpc) is 2.46. The Bertz CT molecular complexity index is 235. The van der Waals surface area contributed by atoms with E-state index < -0.39 is 0 Å². The molecule has 18 heavy (non-hydrogen) atoms. The molecule has 0 radical (unpaired) electrons. The largest absolute Gasteiger partial charge is 0.311 e. The fraction of sp³-hybridized carbons (Fsp3) is 1.00. The van der Waals surface area contributed by atoms with E-state index in [9.17, 15) is 0 Å². The molecule has 0 bridgehead atoms. The first kappa shape index (κ1) is 14.3. The molecular weight excluding hydrogens is 220 g/mol. The van der Waals surface area contributed by atoms with Gasteiger partial charge in [-0.2, -0.15) is 0 Å². The summed E-state index contributed by atoms with van der Waals surface area (Å²) in [7, 11) is 0. The lowest BCUT2D eigenvalue weighted by molar-refractivity contribution is 0.0462. The first-order valence-corrected chi connectivity index (χ1v) is 8.25. The molecule has 0 aromatic heterocycles. The minimum absolute atomic E-state index is 0.721. The first-order chi connectivity index (χ1) is 8.76. The molecule has 2 fully saturated rings. The zero-order chi connectivity index (χ0) is 13.0. The highest BCUT2D eigenvalue weighted by Crippen LogP contribution is 2.31. The molecule has 0 amide bonds. The molecule has 2 nitrogen and oxygen atoms in total. The smallest absolute Gasteiger partial charge is 0.0221 e. The lowest BCUT2D eigenvalue weighted by Gasteiger charge is -2.46. The highest BCUT2D eigenvalue weighted by atomic mass is 15.3. The number of hydrogen-bond donors (Lipinski definition) is 1. The van der Waals surface area contributed by atoms with Gasteiger partial charge in [-0.05, 0) is 38.5 Å². The fourth-order valence-corrected chi connectivity index (χ4v) is 3.93. The number of nitrogens with zero attached hydrogens (tertiary/aromatic N) is 1. The predicted molar refractivity (Wildman–Crippen MR) is 78.9 cm³/mol. The monoisotopic (exact) mass is 252 g/mol. The summed E-state index contributed by atoms with van der Waals surface area (Å²) >= 11 is 0. The van der Waals surface area contributed by atoms with Crippen molar-refractivity contribution in [2.24, 2.45) is 5.92 Å². The molecule has 0 aromatic carbocycles. The van der Waals surface area contributed by atoms with E-state index in [1.165, 1.54) is 58.0 Å². The predicted octanol–water partition coefficient (Wildman–Crippen LogP) is 3.42. The summed E-state index contributed by atoms with van der Waals surface area (Å²) in [6.07, 6.45) is 9.91. The molecule has 3 atom stereocenters. The molecule has 106 valence electrons. The Labute approximate surface area is 114 Å². The van der Waals surface area contributed by atoms with Crippen LogP contribution in [-0.2, 0) is 0 Å². The molecule has 1 saturated carbocycles. The van der Waals surface area contributed by atoms with E-state index in [0.717, 1.165) is 24.0 Å². The van der Waals surface area contributed by atoms with E-state index in [0.29, 0.717) is 0 Å². The Morgan fingerprint density at radius 2 is 1.83 bits per heavy atom. The summed E-state index contributed by atoms with van der Waals surface area (Å²) in [5.74, 6) is 0.961. The van der Waals surface area contributed by atoms with Gasteiger partial charge in [0.15, 0.2) is 0 Å². The molecule has 2 aliphatic rings. The third-order valence-corrected chi connectivity index (χ3v) is 5.36. The van der Waals surface area contributed by atoms with Crippen LogP contribution >= 0.6 is 0 Å². The number of piperazine rings is 1. The molecule has 1 heterocycles. The summed E-state index contributed by atoms with van der Waals surface area (Å²) in [4.78, 5) is 2.83. The highest BCUT2D eigenvalue weighted by molar-refractivity contribution is 4.90. The second kappa shape index (κ2) is 6.91. The Morgan fingerprint density at radius 3 is 2.44 bits per heavy atom. The number of nitrogens with one attached hydrogen (secondary N) is 1. The van der Waals surface area contributed by atoms with Gasteiger partial charge in [0.05, 0.1) is 0 Å². The number of rotatable bonds is 4. The van der Waals surface area contributed by atoms with E-state index in [1.807, 2.05) is 0 Å². The third kappa shape index (κ3) is 3.27. The summed E-state index contributed by atoms with van der Waals surface area (Å²) < 4.78 is 0.